The second kappa shape index (κ2) is 6.44. The zero-order valence-electron chi connectivity index (χ0n) is 10.2. The molecule has 1 N–H and O–H groups in total. The van der Waals surface area contributed by atoms with Crippen LogP contribution in [0.2, 0.25) is 0 Å². The Morgan fingerprint density at radius 2 is 2.00 bits per heavy atom. The second-order valence-electron chi connectivity index (χ2n) is 4.97. The van der Waals surface area contributed by atoms with Crippen molar-refractivity contribution in [2.24, 2.45) is 17.8 Å². The van der Waals surface area contributed by atoms with Crippen LogP contribution in [0.15, 0.2) is 0 Å². The van der Waals surface area contributed by atoms with Crippen LogP contribution in [0, 0.1) is 17.8 Å². The van der Waals surface area contributed by atoms with E-state index in [1.165, 1.54) is 45.2 Å². The third kappa shape index (κ3) is 3.27. The molecule has 1 nitrogen and oxygen atoms in total. The van der Waals surface area contributed by atoms with E-state index in [1.54, 1.807) is 0 Å². The molecule has 0 bridgehead atoms. The van der Waals surface area contributed by atoms with Crippen molar-refractivity contribution in [2.75, 3.05) is 13.1 Å². The van der Waals surface area contributed by atoms with Gasteiger partial charge < -0.3 is 5.32 Å². The Morgan fingerprint density at radius 1 is 1.21 bits per heavy atom. The zero-order valence-corrected chi connectivity index (χ0v) is 10.2. The minimum atomic E-state index is 0.960. The summed E-state index contributed by atoms with van der Waals surface area (Å²) in [5.41, 5.74) is 0. The largest absolute Gasteiger partial charge is 0.316 e. The van der Waals surface area contributed by atoms with Gasteiger partial charge in [0.2, 0.25) is 0 Å². The molecular weight excluding hydrogens is 170 g/mol. The zero-order chi connectivity index (χ0) is 10.4. The Labute approximate surface area is 89.7 Å². The summed E-state index contributed by atoms with van der Waals surface area (Å²) in [5, 5.41) is 3.56. The first-order valence-corrected chi connectivity index (χ1v) is 6.50. The Kier molecular flexibility index (Phi) is 5.54. The monoisotopic (exact) mass is 197 g/mol. The topological polar surface area (TPSA) is 12.0 Å². The number of hydrogen-bond donors (Lipinski definition) is 1. The Balaban J connectivity index is 2.14. The van der Waals surface area contributed by atoms with E-state index in [9.17, 15) is 0 Å². The van der Waals surface area contributed by atoms with Crippen LogP contribution in [0.3, 0.4) is 0 Å². The molecule has 0 radical (unpaired) electrons. The molecule has 0 spiro atoms. The third-order valence-corrected chi connectivity index (χ3v) is 3.78. The van der Waals surface area contributed by atoms with Crippen molar-refractivity contribution in [1.29, 1.82) is 0 Å². The predicted molar refractivity (Wildman–Crippen MR) is 63.4 cm³/mol. The summed E-state index contributed by atoms with van der Waals surface area (Å²) in [6.45, 7) is 9.46. The highest BCUT2D eigenvalue weighted by atomic mass is 14.9. The van der Waals surface area contributed by atoms with Crippen LogP contribution in [-0.2, 0) is 0 Å². The minimum Gasteiger partial charge on any atom is -0.316 e. The standard InChI is InChI=1S/C13H27N/c1-4-6-11(3)13-8-7-12(13)10-14-9-5-2/h11-14H,4-10H2,1-3H3. The summed E-state index contributed by atoms with van der Waals surface area (Å²) >= 11 is 0. The van der Waals surface area contributed by atoms with Gasteiger partial charge in [0.05, 0.1) is 0 Å². The average molecular weight is 197 g/mol. The highest BCUT2D eigenvalue weighted by Gasteiger charge is 2.33. The van der Waals surface area contributed by atoms with Gasteiger partial charge in [-0.1, -0.05) is 33.6 Å². The summed E-state index contributed by atoms with van der Waals surface area (Å²) in [4.78, 5) is 0. The summed E-state index contributed by atoms with van der Waals surface area (Å²) in [6, 6.07) is 0. The van der Waals surface area contributed by atoms with Crippen molar-refractivity contribution >= 4 is 0 Å². The molecule has 1 aliphatic carbocycles. The van der Waals surface area contributed by atoms with Crippen LogP contribution in [0.1, 0.15) is 52.9 Å². The Hall–Kier alpha value is -0.0400. The molecule has 0 saturated heterocycles. The van der Waals surface area contributed by atoms with Crippen LogP contribution >= 0.6 is 0 Å². The van der Waals surface area contributed by atoms with E-state index in [0.717, 1.165) is 17.8 Å². The Morgan fingerprint density at radius 3 is 2.50 bits per heavy atom. The van der Waals surface area contributed by atoms with E-state index >= 15 is 0 Å². The van der Waals surface area contributed by atoms with Crippen molar-refractivity contribution in [3.63, 3.8) is 0 Å². The highest BCUT2D eigenvalue weighted by molar-refractivity contribution is 4.85. The van der Waals surface area contributed by atoms with E-state index in [2.05, 4.69) is 26.1 Å². The number of rotatable bonds is 7. The van der Waals surface area contributed by atoms with Gasteiger partial charge in [-0.15, -0.1) is 0 Å². The van der Waals surface area contributed by atoms with E-state index < -0.39 is 0 Å². The van der Waals surface area contributed by atoms with Gasteiger partial charge in [0, 0.05) is 0 Å². The quantitative estimate of drug-likeness (QED) is 0.616. The molecule has 1 fully saturated rings. The van der Waals surface area contributed by atoms with Crippen LogP contribution in [-0.4, -0.2) is 13.1 Å². The lowest BCUT2D eigenvalue weighted by Gasteiger charge is -2.41. The maximum atomic E-state index is 3.56. The van der Waals surface area contributed by atoms with Crippen LogP contribution in [0.4, 0.5) is 0 Å². The minimum absolute atomic E-state index is 0.960. The van der Waals surface area contributed by atoms with Crippen LogP contribution in [0.25, 0.3) is 0 Å². The molecule has 14 heavy (non-hydrogen) atoms. The normalized spacial score (nSPS) is 28.5. The average Bonchev–Trinajstić information content (AvgIpc) is 2.11. The molecule has 84 valence electrons. The molecule has 1 aliphatic rings. The molecular formula is C13H27N. The Bertz CT molecular complexity index is 144. The maximum Gasteiger partial charge on any atom is -0.00178 e. The smallest absolute Gasteiger partial charge is 0.00178 e. The first-order valence-electron chi connectivity index (χ1n) is 6.50. The van der Waals surface area contributed by atoms with E-state index in [0.29, 0.717) is 0 Å². The van der Waals surface area contributed by atoms with Gasteiger partial charge in [-0.05, 0) is 50.1 Å². The predicted octanol–water partition coefficient (Wildman–Crippen LogP) is 3.45. The summed E-state index contributed by atoms with van der Waals surface area (Å²) in [7, 11) is 0. The van der Waals surface area contributed by atoms with Crippen molar-refractivity contribution in [3.05, 3.63) is 0 Å². The summed E-state index contributed by atoms with van der Waals surface area (Å²) in [6.07, 6.45) is 7.00. The fourth-order valence-electron chi connectivity index (χ4n) is 2.73. The molecule has 3 atom stereocenters. The van der Waals surface area contributed by atoms with Gasteiger partial charge in [-0.3, -0.25) is 0 Å². The molecule has 1 rings (SSSR count). The lowest BCUT2D eigenvalue weighted by atomic mass is 9.66. The summed E-state index contributed by atoms with van der Waals surface area (Å²) in [5.74, 6) is 2.98. The first-order chi connectivity index (χ1) is 6.79. The number of nitrogens with one attached hydrogen (secondary N) is 1. The van der Waals surface area contributed by atoms with Gasteiger partial charge in [-0.2, -0.15) is 0 Å². The van der Waals surface area contributed by atoms with Gasteiger partial charge in [0.15, 0.2) is 0 Å². The van der Waals surface area contributed by atoms with Crippen LogP contribution < -0.4 is 5.32 Å². The second-order valence-corrected chi connectivity index (χ2v) is 4.97. The molecule has 3 unspecified atom stereocenters. The molecule has 0 heterocycles. The van der Waals surface area contributed by atoms with Gasteiger partial charge in [0.1, 0.15) is 0 Å². The molecule has 1 saturated carbocycles. The maximum absolute atomic E-state index is 3.56. The molecule has 0 aliphatic heterocycles. The van der Waals surface area contributed by atoms with Crippen molar-refractivity contribution in [3.8, 4) is 0 Å². The molecule has 0 aromatic heterocycles. The molecule has 0 amide bonds. The molecule has 0 aromatic carbocycles. The van der Waals surface area contributed by atoms with Crippen molar-refractivity contribution in [1.82, 2.24) is 5.32 Å². The highest BCUT2D eigenvalue weighted by Crippen LogP contribution is 2.40. The van der Waals surface area contributed by atoms with Gasteiger partial charge in [0.25, 0.3) is 0 Å². The van der Waals surface area contributed by atoms with Gasteiger partial charge in [-0.25, -0.2) is 0 Å². The summed E-state index contributed by atoms with van der Waals surface area (Å²) < 4.78 is 0. The van der Waals surface area contributed by atoms with E-state index in [1.807, 2.05) is 0 Å². The fourth-order valence-corrected chi connectivity index (χ4v) is 2.73. The number of hydrogen-bond acceptors (Lipinski definition) is 1. The van der Waals surface area contributed by atoms with E-state index in [-0.39, 0.29) is 0 Å². The van der Waals surface area contributed by atoms with Gasteiger partial charge >= 0.3 is 0 Å². The van der Waals surface area contributed by atoms with Crippen LogP contribution in [0.5, 0.6) is 0 Å². The lowest BCUT2D eigenvalue weighted by molar-refractivity contribution is 0.106. The van der Waals surface area contributed by atoms with E-state index in [4.69, 9.17) is 0 Å². The lowest BCUT2D eigenvalue weighted by Crippen LogP contribution is -2.38. The molecule has 0 aromatic rings. The third-order valence-electron chi connectivity index (χ3n) is 3.78. The first kappa shape index (κ1) is 12.0. The van der Waals surface area contributed by atoms with Crippen molar-refractivity contribution in [2.45, 2.75) is 52.9 Å². The van der Waals surface area contributed by atoms with Crippen molar-refractivity contribution < 1.29 is 0 Å². The fraction of sp³-hybridized carbons (Fsp3) is 1.00. The molecule has 1 heteroatoms. The SMILES string of the molecule is CCCNCC1CCC1C(C)CCC.